The van der Waals surface area contributed by atoms with Crippen LogP contribution in [0, 0.1) is 17.8 Å². The lowest BCUT2D eigenvalue weighted by Gasteiger charge is -2.15. The predicted octanol–water partition coefficient (Wildman–Crippen LogP) is 2.87. The summed E-state index contributed by atoms with van der Waals surface area (Å²) in [6.45, 7) is 11.0. The van der Waals surface area contributed by atoms with Gasteiger partial charge in [-0.2, -0.15) is 0 Å². The average Bonchev–Trinajstić information content (AvgIpc) is 1.98. The molecule has 0 fully saturated rings. The number of esters is 1. The highest BCUT2D eigenvalue weighted by molar-refractivity contribution is 5.69. The molecule has 0 aromatic rings. The molecule has 0 amide bonds. The van der Waals surface area contributed by atoms with Crippen molar-refractivity contribution >= 4 is 5.97 Å². The lowest BCUT2D eigenvalue weighted by molar-refractivity contribution is -0.146. The third-order valence-electron chi connectivity index (χ3n) is 2.22. The van der Waals surface area contributed by atoms with Crippen LogP contribution in [0.3, 0.4) is 0 Å². The van der Waals surface area contributed by atoms with Crippen LogP contribution in [0.1, 0.15) is 41.0 Å². The molecule has 78 valence electrons. The number of carbonyl (C=O) groups is 1. The van der Waals surface area contributed by atoms with Crippen LogP contribution in [0.2, 0.25) is 0 Å². The third kappa shape index (κ3) is 6.62. The molecule has 0 N–H and O–H groups in total. The molecule has 0 aliphatic rings. The minimum absolute atomic E-state index is 0.0671. The molecule has 13 heavy (non-hydrogen) atoms. The quantitative estimate of drug-likeness (QED) is 0.617. The van der Waals surface area contributed by atoms with E-state index in [9.17, 15) is 4.79 Å². The molecule has 0 aliphatic heterocycles. The predicted molar refractivity (Wildman–Crippen MR) is 54.4 cm³/mol. The second-order valence-electron chi connectivity index (χ2n) is 4.50. The van der Waals surface area contributed by atoms with Gasteiger partial charge < -0.3 is 4.74 Å². The van der Waals surface area contributed by atoms with E-state index >= 15 is 0 Å². The summed E-state index contributed by atoms with van der Waals surface area (Å²) in [6, 6.07) is 0. The van der Waals surface area contributed by atoms with Gasteiger partial charge in [-0.15, -0.1) is 0 Å². The van der Waals surface area contributed by atoms with Gasteiger partial charge in [-0.3, -0.25) is 4.79 Å². The molecular formula is C11H22O2. The van der Waals surface area contributed by atoms with E-state index in [0.29, 0.717) is 30.8 Å². The Kier molecular flexibility index (Phi) is 5.76. The summed E-state index contributed by atoms with van der Waals surface area (Å²) in [7, 11) is 0. The first kappa shape index (κ1) is 12.5. The largest absolute Gasteiger partial charge is 0.465 e. The summed E-state index contributed by atoms with van der Waals surface area (Å²) >= 11 is 0. The van der Waals surface area contributed by atoms with Crippen molar-refractivity contribution in [3.8, 4) is 0 Å². The van der Waals surface area contributed by atoms with Crippen molar-refractivity contribution in [1.82, 2.24) is 0 Å². The van der Waals surface area contributed by atoms with Crippen LogP contribution >= 0.6 is 0 Å². The Morgan fingerprint density at radius 3 is 2.08 bits per heavy atom. The summed E-state index contributed by atoms with van der Waals surface area (Å²) in [4.78, 5) is 11.2. The molecular weight excluding hydrogens is 164 g/mol. The van der Waals surface area contributed by atoms with Gasteiger partial charge in [0.05, 0.1) is 6.61 Å². The molecule has 0 saturated heterocycles. The Bertz CT molecular complexity index is 150. The maximum Gasteiger partial charge on any atom is 0.306 e. The summed E-state index contributed by atoms with van der Waals surface area (Å²) < 4.78 is 5.14. The molecule has 0 heterocycles. The fourth-order valence-electron chi connectivity index (χ4n) is 0.809. The van der Waals surface area contributed by atoms with Crippen LogP contribution in [-0.4, -0.2) is 12.6 Å². The molecule has 0 aromatic heterocycles. The summed E-state index contributed by atoms with van der Waals surface area (Å²) in [5, 5.41) is 0. The van der Waals surface area contributed by atoms with Gasteiger partial charge in [0.25, 0.3) is 0 Å². The lowest BCUT2D eigenvalue weighted by Crippen LogP contribution is -2.16. The van der Waals surface area contributed by atoms with Crippen molar-refractivity contribution in [3.63, 3.8) is 0 Å². The molecule has 0 radical (unpaired) electrons. The third-order valence-corrected chi connectivity index (χ3v) is 2.22. The molecule has 0 saturated carbocycles. The molecule has 0 aliphatic carbocycles. The fourth-order valence-corrected chi connectivity index (χ4v) is 0.809. The SMILES string of the molecule is CC(C)CC(=O)OCC(C)C(C)C. The van der Waals surface area contributed by atoms with Gasteiger partial charge in [-0.1, -0.05) is 34.6 Å². The van der Waals surface area contributed by atoms with E-state index in [-0.39, 0.29) is 5.97 Å². The minimum atomic E-state index is -0.0671. The van der Waals surface area contributed by atoms with Gasteiger partial charge in [0, 0.05) is 6.42 Å². The van der Waals surface area contributed by atoms with Gasteiger partial charge in [0.2, 0.25) is 0 Å². The second-order valence-corrected chi connectivity index (χ2v) is 4.50. The van der Waals surface area contributed by atoms with E-state index in [1.54, 1.807) is 0 Å². The molecule has 1 unspecified atom stereocenters. The summed E-state index contributed by atoms with van der Waals surface area (Å²) in [6.07, 6.45) is 0.533. The van der Waals surface area contributed by atoms with E-state index in [1.807, 2.05) is 13.8 Å². The molecule has 1 atom stereocenters. The number of carbonyl (C=O) groups excluding carboxylic acids is 1. The number of hydrogen-bond acceptors (Lipinski definition) is 2. The lowest BCUT2D eigenvalue weighted by atomic mass is 9.99. The highest BCUT2D eigenvalue weighted by Crippen LogP contribution is 2.10. The van der Waals surface area contributed by atoms with Gasteiger partial charge >= 0.3 is 5.97 Å². The normalized spacial score (nSPS) is 13.5. The van der Waals surface area contributed by atoms with E-state index < -0.39 is 0 Å². The Hall–Kier alpha value is -0.530. The van der Waals surface area contributed by atoms with Crippen LogP contribution in [0.25, 0.3) is 0 Å². The second kappa shape index (κ2) is 6.01. The van der Waals surface area contributed by atoms with Crippen LogP contribution in [0.5, 0.6) is 0 Å². The first-order valence-corrected chi connectivity index (χ1v) is 5.09. The van der Waals surface area contributed by atoms with Gasteiger partial charge in [-0.25, -0.2) is 0 Å². The minimum Gasteiger partial charge on any atom is -0.465 e. The number of rotatable bonds is 5. The van der Waals surface area contributed by atoms with E-state index in [2.05, 4.69) is 20.8 Å². The molecule has 0 rings (SSSR count). The zero-order chi connectivity index (χ0) is 10.4. The monoisotopic (exact) mass is 186 g/mol. The standard InChI is InChI=1S/C11H22O2/c1-8(2)6-11(12)13-7-10(5)9(3)4/h8-10H,6-7H2,1-5H3. The smallest absolute Gasteiger partial charge is 0.306 e. The number of hydrogen-bond donors (Lipinski definition) is 0. The van der Waals surface area contributed by atoms with Gasteiger partial charge in [0.1, 0.15) is 0 Å². The zero-order valence-corrected chi connectivity index (χ0v) is 9.46. The van der Waals surface area contributed by atoms with Crippen LogP contribution in [0.15, 0.2) is 0 Å². The van der Waals surface area contributed by atoms with E-state index in [0.717, 1.165) is 0 Å². The molecule has 0 aromatic carbocycles. The Morgan fingerprint density at radius 2 is 1.69 bits per heavy atom. The topological polar surface area (TPSA) is 26.3 Å². The van der Waals surface area contributed by atoms with Gasteiger partial charge in [-0.05, 0) is 17.8 Å². The van der Waals surface area contributed by atoms with Crippen LogP contribution in [0.4, 0.5) is 0 Å². The van der Waals surface area contributed by atoms with Crippen LogP contribution in [-0.2, 0) is 9.53 Å². The van der Waals surface area contributed by atoms with Crippen molar-refractivity contribution in [3.05, 3.63) is 0 Å². The molecule has 0 bridgehead atoms. The Balaban J connectivity index is 3.58. The van der Waals surface area contributed by atoms with Crippen LogP contribution < -0.4 is 0 Å². The maximum atomic E-state index is 11.2. The highest BCUT2D eigenvalue weighted by Gasteiger charge is 2.11. The first-order valence-electron chi connectivity index (χ1n) is 5.09. The fraction of sp³-hybridized carbons (Fsp3) is 0.909. The van der Waals surface area contributed by atoms with Crippen molar-refractivity contribution in [2.75, 3.05) is 6.61 Å². The number of ether oxygens (including phenoxy) is 1. The maximum absolute atomic E-state index is 11.2. The van der Waals surface area contributed by atoms with Crippen molar-refractivity contribution in [2.24, 2.45) is 17.8 Å². The highest BCUT2D eigenvalue weighted by atomic mass is 16.5. The summed E-state index contributed by atoms with van der Waals surface area (Å²) in [5.74, 6) is 1.35. The Morgan fingerprint density at radius 1 is 1.15 bits per heavy atom. The molecule has 0 spiro atoms. The average molecular weight is 186 g/mol. The van der Waals surface area contributed by atoms with Crippen molar-refractivity contribution < 1.29 is 9.53 Å². The van der Waals surface area contributed by atoms with Gasteiger partial charge in [0.15, 0.2) is 0 Å². The Labute approximate surface area is 81.7 Å². The summed E-state index contributed by atoms with van der Waals surface area (Å²) in [5.41, 5.74) is 0. The van der Waals surface area contributed by atoms with E-state index in [4.69, 9.17) is 4.74 Å². The van der Waals surface area contributed by atoms with E-state index in [1.165, 1.54) is 0 Å². The molecule has 2 nitrogen and oxygen atoms in total. The molecule has 2 heteroatoms. The van der Waals surface area contributed by atoms with Crippen molar-refractivity contribution in [1.29, 1.82) is 0 Å². The first-order chi connectivity index (χ1) is 5.93. The zero-order valence-electron chi connectivity index (χ0n) is 9.46. The van der Waals surface area contributed by atoms with Crippen molar-refractivity contribution in [2.45, 2.75) is 41.0 Å².